The molecule has 1 aromatic carbocycles. The van der Waals surface area contributed by atoms with Crippen molar-refractivity contribution in [1.82, 2.24) is 5.32 Å². The van der Waals surface area contributed by atoms with Gasteiger partial charge >= 0.3 is 0 Å². The molecular weight excluding hydrogens is 276 g/mol. The molecule has 0 saturated carbocycles. The average molecular weight is 304 g/mol. The normalized spacial score (nSPS) is 18.0. The molecule has 1 aromatic rings. The second-order valence-corrected chi connectivity index (χ2v) is 6.31. The van der Waals surface area contributed by atoms with E-state index < -0.39 is 5.41 Å². The van der Waals surface area contributed by atoms with Gasteiger partial charge in [0, 0.05) is 25.3 Å². The second-order valence-electron chi connectivity index (χ2n) is 6.31. The summed E-state index contributed by atoms with van der Waals surface area (Å²) in [5, 5.41) is 3.11. The molecule has 22 heavy (non-hydrogen) atoms. The summed E-state index contributed by atoms with van der Waals surface area (Å²) < 4.78 is 5.48. The fraction of sp³-hybridized carbons (Fsp3) is 0.611. The van der Waals surface area contributed by atoms with E-state index in [0.29, 0.717) is 19.8 Å². The lowest BCUT2D eigenvalue weighted by Crippen LogP contribution is -2.54. The van der Waals surface area contributed by atoms with Crippen molar-refractivity contribution in [2.75, 3.05) is 19.8 Å². The van der Waals surface area contributed by atoms with Gasteiger partial charge in [0.2, 0.25) is 5.91 Å². The van der Waals surface area contributed by atoms with Crippen LogP contribution in [0, 0.1) is 0 Å². The number of ether oxygens (including phenoxy) is 1. The van der Waals surface area contributed by atoms with E-state index in [1.807, 2.05) is 30.3 Å². The van der Waals surface area contributed by atoms with Crippen LogP contribution in [0.5, 0.6) is 0 Å². The van der Waals surface area contributed by atoms with Gasteiger partial charge in [-0.05, 0) is 31.2 Å². The van der Waals surface area contributed by atoms with Crippen molar-refractivity contribution in [3.63, 3.8) is 0 Å². The average Bonchev–Trinajstić information content (AvgIpc) is 2.60. The van der Waals surface area contributed by atoms with Gasteiger partial charge in [0.25, 0.3) is 0 Å². The Morgan fingerprint density at radius 3 is 2.36 bits per heavy atom. The first-order valence-corrected chi connectivity index (χ1v) is 8.27. The maximum atomic E-state index is 13.0. The Kier molecular flexibility index (Phi) is 5.59. The fourth-order valence-corrected chi connectivity index (χ4v) is 3.05. The molecule has 1 fully saturated rings. The SMILES string of the molecule is CCC(N)(CC)CNC(=O)C1(c2ccccc2)CCOCC1. The fourth-order valence-electron chi connectivity index (χ4n) is 3.05. The van der Waals surface area contributed by atoms with E-state index in [-0.39, 0.29) is 11.4 Å². The smallest absolute Gasteiger partial charge is 0.230 e. The van der Waals surface area contributed by atoms with Crippen LogP contribution < -0.4 is 11.1 Å². The zero-order valence-electron chi connectivity index (χ0n) is 13.7. The number of nitrogens with one attached hydrogen (secondary N) is 1. The molecule has 4 nitrogen and oxygen atoms in total. The van der Waals surface area contributed by atoms with Crippen LogP contribution in [0.1, 0.15) is 45.1 Å². The highest BCUT2D eigenvalue weighted by molar-refractivity contribution is 5.88. The van der Waals surface area contributed by atoms with E-state index in [2.05, 4.69) is 19.2 Å². The van der Waals surface area contributed by atoms with Crippen LogP contribution in [0.4, 0.5) is 0 Å². The van der Waals surface area contributed by atoms with Crippen LogP contribution in [0.2, 0.25) is 0 Å². The number of nitrogens with two attached hydrogens (primary N) is 1. The Balaban J connectivity index is 2.18. The molecule has 0 atom stereocenters. The number of rotatable bonds is 6. The van der Waals surface area contributed by atoms with E-state index in [1.165, 1.54) is 0 Å². The van der Waals surface area contributed by atoms with Crippen molar-refractivity contribution in [1.29, 1.82) is 0 Å². The van der Waals surface area contributed by atoms with Gasteiger partial charge in [-0.25, -0.2) is 0 Å². The van der Waals surface area contributed by atoms with Crippen LogP contribution in [0.25, 0.3) is 0 Å². The zero-order chi connectivity index (χ0) is 16.1. The first-order chi connectivity index (χ1) is 10.6. The molecule has 1 heterocycles. The van der Waals surface area contributed by atoms with Gasteiger partial charge in [-0.3, -0.25) is 4.79 Å². The number of carbonyl (C=O) groups is 1. The Labute approximate surface area is 133 Å². The third-order valence-corrected chi connectivity index (χ3v) is 5.12. The first kappa shape index (κ1) is 17.0. The van der Waals surface area contributed by atoms with E-state index in [4.69, 9.17) is 10.5 Å². The van der Waals surface area contributed by atoms with Crippen molar-refractivity contribution < 1.29 is 9.53 Å². The number of carbonyl (C=O) groups excluding carboxylic acids is 1. The van der Waals surface area contributed by atoms with E-state index in [0.717, 1.165) is 31.2 Å². The number of benzene rings is 1. The monoisotopic (exact) mass is 304 g/mol. The molecule has 3 N–H and O–H groups in total. The lowest BCUT2D eigenvalue weighted by Gasteiger charge is -2.37. The molecule has 0 radical (unpaired) electrons. The lowest BCUT2D eigenvalue weighted by molar-refractivity contribution is -0.130. The molecular formula is C18H28N2O2. The molecule has 0 aliphatic carbocycles. The van der Waals surface area contributed by atoms with Gasteiger partial charge in [-0.1, -0.05) is 44.2 Å². The number of hydrogen-bond donors (Lipinski definition) is 2. The van der Waals surface area contributed by atoms with Gasteiger partial charge in [-0.15, -0.1) is 0 Å². The van der Waals surface area contributed by atoms with Crippen LogP contribution in [-0.4, -0.2) is 31.2 Å². The van der Waals surface area contributed by atoms with E-state index >= 15 is 0 Å². The van der Waals surface area contributed by atoms with E-state index in [9.17, 15) is 4.79 Å². The number of hydrogen-bond acceptors (Lipinski definition) is 3. The molecule has 1 amide bonds. The Morgan fingerprint density at radius 1 is 1.23 bits per heavy atom. The van der Waals surface area contributed by atoms with Crippen molar-refractivity contribution in [3.05, 3.63) is 35.9 Å². The molecule has 122 valence electrons. The highest BCUT2D eigenvalue weighted by Gasteiger charge is 2.42. The lowest BCUT2D eigenvalue weighted by atomic mass is 9.73. The molecule has 0 unspecified atom stereocenters. The van der Waals surface area contributed by atoms with E-state index in [1.54, 1.807) is 0 Å². The Hall–Kier alpha value is -1.39. The quantitative estimate of drug-likeness (QED) is 0.848. The summed E-state index contributed by atoms with van der Waals surface area (Å²) in [4.78, 5) is 13.0. The third kappa shape index (κ3) is 3.50. The summed E-state index contributed by atoms with van der Waals surface area (Å²) in [6.07, 6.45) is 3.15. The van der Waals surface area contributed by atoms with Gasteiger partial charge < -0.3 is 15.8 Å². The molecule has 1 aliphatic rings. The van der Waals surface area contributed by atoms with Gasteiger partial charge in [0.15, 0.2) is 0 Å². The minimum absolute atomic E-state index is 0.0822. The minimum atomic E-state index is -0.484. The van der Waals surface area contributed by atoms with Crippen LogP contribution in [0.3, 0.4) is 0 Å². The highest BCUT2D eigenvalue weighted by Crippen LogP contribution is 2.35. The molecule has 0 bridgehead atoms. The molecule has 0 aromatic heterocycles. The second kappa shape index (κ2) is 7.25. The topological polar surface area (TPSA) is 64.3 Å². The maximum absolute atomic E-state index is 13.0. The zero-order valence-corrected chi connectivity index (χ0v) is 13.7. The third-order valence-electron chi connectivity index (χ3n) is 5.12. The molecule has 1 saturated heterocycles. The summed E-state index contributed by atoms with van der Waals surface area (Å²) in [6, 6.07) is 10.0. The van der Waals surface area contributed by atoms with Crippen molar-refractivity contribution >= 4 is 5.91 Å². The van der Waals surface area contributed by atoms with Crippen LogP contribution >= 0.6 is 0 Å². The summed E-state index contributed by atoms with van der Waals surface area (Å²) in [5.41, 5.74) is 6.59. The largest absolute Gasteiger partial charge is 0.381 e. The van der Waals surface area contributed by atoms with Crippen molar-refractivity contribution in [2.45, 2.75) is 50.5 Å². The minimum Gasteiger partial charge on any atom is -0.381 e. The summed E-state index contributed by atoms with van der Waals surface area (Å²) >= 11 is 0. The number of amides is 1. The Morgan fingerprint density at radius 2 is 1.82 bits per heavy atom. The van der Waals surface area contributed by atoms with Gasteiger partial charge in [-0.2, -0.15) is 0 Å². The summed E-state index contributed by atoms with van der Waals surface area (Å²) in [6.45, 7) is 5.90. The molecule has 1 aliphatic heterocycles. The summed E-state index contributed by atoms with van der Waals surface area (Å²) in [5.74, 6) is 0.0822. The summed E-state index contributed by atoms with van der Waals surface area (Å²) in [7, 11) is 0. The molecule has 4 heteroatoms. The predicted molar refractivity (Wildman–Crippen MR) is 88.7 cm³/mol. The predicted octanol–water partition coefficient (Wildman–Crippen LogP) is 2.37. The molecule has 2 rings (SSSR count). The van der Waals surface area contributed by atoms with Crippen molar-refractivity contribution in [3.8, 4) is 0 Å². The van der Waals surface area contributed by atoms with Crippen LogP contribution in [0.15, 0.2) is 30.3 Å². The van der Waals surface area contributed by atoms with Gasteiger partial charge in [0.05, 0.1) is 5.41 Å². The van der Waals surface area contributed by atoms with Crippen molar-refractivity contribution in [2.24, 2.45) is 5.73 Å². The molecule has 0 spiro atoms. The Bertz CT molecular complexity index is 477. The highest BCUT2D eigenvalue weighted by atomic mass is 16.5. The maximum Gasteiger partial charge on any atom is 0.230 e. The van der Waals surface area contributed by atoms with Crippen LogP contribution in [-0.2, 0) is 14.9 Å². The van der Waals surface area contributed by atoms with Gasteiger partial charge in [0.1, 0.15) is 0 Å². The first-order valence-electron chi connectivity index (χ1n) is 8.27. The standard InChI is InChI=1S/C18H28N2O2/c1-3-17(19,4-2)14-20-16(21)18(10-12-22-13-11-18)15-8-6-5-7-9-15/h5-9H,3-4,10-14,19H2,1-2H3,(H,20,21).